The maximum absolute atomic E-state index is 12.7. The molecule has 0 radical (unpaired) electrons. The Labute approximate surface area is 172 Å². The van der Waals surface area contributed by atoms with E-state index in [1.54, 1.807) is 19.2 Å². The summed E-state index contributed by atoms with van der Waals surface area (Å²) in [6.45, 7) is 2.29. The van der Waals surface area contributed by atoms with E-state index in [4.69, 9.17) is 0 Å². The molecule has 2 amide bonds. The quantitative estimate of drug-likeness (QED) is 0.533. The molecule has 2 aromatic carbocycles. The zero-order chi connectivity index (χ0) is 20.4. The van der Waals surface area contributed by atoms with Gasteiger partial charge in [-0.2, -0.15) is 5.10 Å². The van der Waals surface area contributed by atoms with Gasteiger partial charge in [-0.15, -0.1) is 11.3 Å². The molecule has 4 aromatic rings. The fourth-order valence-corrected chi connectivity index (χ4v) is 4.24. The zero-order valence-electron chi connectivity index (χ0n) is 16.1. The van der Waals surface area contributed by atoms with E-state index < -0.39 is 0 Å². The summed E-state index contributed by atoms with van der Waals surface area (Å²) in [6.07, 6.45) is 0. The number of aromatic nitrogens is 2. The van der Waals surface area contributed by atoms with Crippen LogP contribution in [0, 0.1) is 6.92 Å². The standard InChI is InChI=1S/C22H20N4O2S/c1-14-18-12-19(29-22(18)26(25-14)17-9-4-3-5-10-17)21(28)24-13-15-7-6-8-16(11-15)20(27)23-2/h3-12H,13H2,1-2H3,(H,23,27)(H,24,28). The number of hydrogen-bond acceptors (Lipinski definition) is 4. The maximum atomic E-state index is 12.7. The van der Waals surface area contributed by atoms with Gasteiger partial charge in [0.25, 0.3) is 11.8 Å². The average Bonchev–Trinajstić information content (AvgIpc) is 3.33. The number of rotatable bonds is 5. The van der Waals surface area contributed by atoms with Crippen molar-refractivity contribution < 1.29 is 9.59 Å². The number of hydrogen-bond donors (Lipinski definition) is 2. The molecule has 146 valence electrons. The van der Waals surface area contributed by atoms with Gasteiger partial charge >= 0.3 is 0 Å². The minimum absolute atomic E-state index is 0.143. The molecular formula is C22H20N4O2S. The summed E-state index contributed by atoms with van der Waals surface area (Å²) in [4.78, 5) is 26.1. The van der Waals surface area contributed by atoms with Crippen molar-refractivity contribution >= 4 is 33.4 Å². The van der Waals surface area contributed by atoms with Gasteiger partial charge in [0, 0.05) is 24.5 Å². The summed E-state index contributed by atoms with van der Waals surface area (Å²) in [5, 5.41) is 11.1. The molecule has 0 bridgehead atoms. The molecule has 0 spiro atoms. The molecule has 0 atom stereocenters. The van der Waals surface area contributed by atoms with E-state index >= 15 is 0 Å². The summed E-state index contributed by atoms with van der Waals surface area (Å²) < 4.78 is 1.87. The van der Waals surface area contributed by atoms with Crippen molar-refractivity contribution in [3.05, 3.63) is 82.4 Å². The molecule has 0 saturated heterocycles. The van der Waals surface area contributed by atoms with Crippen molar-refractivity contribution in [2.45, 2.75) is 13.5 Å². The Morgan fingerprint density at radius 2 is 1.83 bits per heavy atom. The third kappa shape index (κ3) is 3.77. The first-order valence-electron chi connectivity index (χ1n) is 9.20. The van der Waals surface area contributed by atoms with E-state index in [-0.39, 0.29) is 11.8 Å². The molecule has 29 heavy (non-hydrogen) atoms. The predicted octanol–water partition coefficient (Wildman–Crippen LogP) is 3.69. The van der Waals surface area contributed by atoms with Gasteiger partial charge in [0.2, 0.25) is 0 Å². The first kappa shape index (κ1) is 18.9. The van der Waals surface area contributed by atoms with Crippen LogP contribution in [-0.2, 0) is 6.54 Å². The number of amides is 2. The van der Waals surface area contributed by atoms with Crippen molar-refractivity contribution in [2.75, 3.05) is 7.05 Å². The highest BCUT2D eigenvalue weighted by molar-refractivity contribution is 7.20. The van der Waals surface area contributed by atoms with Gasteiger partial charge in [-0.3, -0.25) is 9.59 Å². The third-order valence-corrected chi connectivity index (χ3v) is 5.75. The van der Waals surface area contributed by atoms with Gasteiger partial charge in [-0.1, -0.05) is 30.3 Å². The topological polar surface area (TPSA) is 76.0 Å². The molecule has 0 fully saturated rings. The van der Waals surface area contributed by atoms with E-state index in [0.29, 0.717) is 17.0 Å². The van der Waals surface area contributed by atoms with E-state index in [2.05, 4.69) is 15.7 Å². The number of thiophene rings is 1. The number of fused-ring (bicyclic) bond motifs is 1. The third-order valence-electron chi connectivity index (χ3n) is 4.64. The number of carbonyl (C=O) groups excluding carboxylic acids is 2. The first-order chi connectivity index (χ1) is 14.1. The second-order valence-corrected chi connectivity index (χ2v) is 7.66. The minimum Gasteiger partial charge on any atom is -0.355 e. The number of nitrogens with zero attached hydrogens (tertiary/aromatic N) is 2. The van der Waals surface area contributed by atoms with Crippen LogP contribution in [-0.4, -0.2) is 28.6 Å². The molecule has 0 aliphatic rings. The molecule has 0 aliphatic carbocycles. The van der Waals surface area contributed by atoms with Crippen molar-refractivity contribution in [2.24, 2.45) is 0 Å². The Balaban J connectivity index is 1.55. The van der Waals surface area contributed by atoms with Crippen LogP contribution in [0.2, 0.25) is 0 Å². The van der Waals surface area contributed by atoms with Gasteiger partial charge in [-0.25, -0.2) is 4.68 Å². The summed E-state index contributed by atoms with van der Waals surface area (Å²) in [6, 6.07) is 19.0. The van der Waals surface area contributed by atoms with Crippen LogP contribution >= 0.6 is 11.3 Å². The molecule has 4 rings (SSSR count). The van der Waals surface area contributed by atoms with Crippen molar-refractivity contribution in [1.29, 1.82) is 0 Å². The second kappa shape index (κ2) is 7.89. The molecule has 7 heteroatoms. The Morgan fingerprint density at radius 3 is 2.59 bits per heavy atom. The monoisotopic (exact) mass is 404 g/mol. The highest BCUT2D eigenvalue weighted by Crippen LogP contribution is 2.30. The fourth-order valence-electron chi connectivity index (χ4n) is 3.14. The SMILES string of the molecule is CNC(=O)c1cccc(CNC(=O)c2cc3c(C)nn(-c4ccccc4)c3s2)c1. The number of benzene rings is 2. The second-order valence-electron chi connectivity index (χ2n) is 6.62. The van der Waals surface area contributed by atoms with Crippen LogP contribution in [0.5, 0.6) is 0 Å². The molecule has 2 aromatic heterocycles. The number of aryl methyl sites for hydroxylation is 1. The molecule has 0 saturated carbocycles. The summed E-state index contributed by atoms with van der Waals surface area (Å²) in [5.41, 5.74) is 3.29. The van der Waals surface area contributed by atoms with Gasteiger partial charge in [0.15, 0.2) is 0 Å². The Bertz CT molecular complexity index is 1190. The normalized spacial score (nSPS) is 10.8. The largest absolute Gasteiger partial charge is 0.355 e. The Hall–Kier alpha value is -3.45. The van der Waals surface area contributed by atoms with Crippen LogP contribution in [0.4, 0.5) is 0 Å². The van der Waals surface area contributed by atoms with Crippen LogP contribution in [0.25, 0.3) is 15.9 Å². The molecule has 0 unspecified atom stereocenters. The van der Waals surface area contributed by atoms with Gasteiger partial charge in [0.1, 0.15) is 4.83 Å². The minimum atomic E-state index is -0.149. The van der Waals surface area contributed by atoms with E-state index in [0.717, 1.165) is 27.2 Å². The first-order valence-corrected chi connectivity index (χ1v) is 10.0. The Morgan fingerprint density at radius 1 is 1.03 bits per heavy atom. The van der Waals surface area contributed by atoms with Gasteiger partial charge in [-0.05, 0) is 42.8 Å². The number of nitrogens with one attached hydrogen (secondary N) is 2. The molecule has 0 aliphatic heterocycles. The smallest absolute Gasteiger partial charge is 0.261 e. The van der Waals surface area contributed by atoms with Crippen LogP contribution in [0.1, 0.15) is 31.3 Å². The number of para-hydroxylation sites is 1. The zero-order valence-corrected chi connectivity index (χ0v) is 16.9. The molecule has 2 N–H and O–H groups in total. The van der Waals surface area contributed by atoms with Crippen LogP contribution < -0.4 is 10.6 Å². The molecular weight excluding hydrogens is 384 g/mol. The van der Waals surface area contributed by atoms with Crippen LogP contribution in [0.3, 0.4) is 0 Å². The lowest BCUT2D eigenvalue weighted by Gasteiger charge is -2.06. The highest BCUT2D eigenvalue weighted by Gasteiger charge is 2.17. The fraction of sp³-hybridized carbons (Fsp3) is 0.136. The van der Waals surface area contributed by atoms with Crippen molar-refractivity contribution in [3.63, 3.8) is 0 Å². The lowest BCUT2D eigenvalue weighted by atomic mass is 10.1. The lowest BCUT2D eigenvalue weighted by Crippen LogP contribution is -2.22. The molecule has 6 nitrogen and oxygen atoms in total. The molecule has 2 heterocycles. The summed E-state index contributed by atoms with van der Waals surface area (Å²) in [7, 11) is 1.59. The Kier molecular flexibility index (Phi) is 5.14. The van der Waals surface area contributed by atoms with E-state index in [1.165, 1.54) is 11.3 Å². The van der Waals surface area contributed by atoms with Gasteiger partial charge < -0.3 is 10.6 Å². The highest BCUT2D eigenvalue weighted by atomic mass is 32.1. The maximum Gasteiger partial charge on any atom is 0.261 e. The van der Waals surface area contributed by atoms with Crippen molar-refractivity contribution in [3.8, 4) is 5.69 Å². The van der Waals surface area contributed by atoms with Gasteiger partial charge in [0.05, 0.1) is 16.3 Å². The van der Waals surface area contributed by atoms with Crippen molar-refractivity contribution in [1.82, 2.24) is 20.4 Å². The summed E-state index contributed by atoms with van der Waals surface area (Å²) in [5.74, 6) is -0.292. The lowest BCUT2D eigenvalue weighted by molar-refractivity contribution is 0.0952. The van der Waals surface area contributed by atoms with E-state index in [1.807, 2.05) is 60.1 Å². The van der Waals surface area contributed by atoms with Crippen LogP contribution in [0.15, 0.2) is 60.7 Å². The van der Waals surface area contributed by atoms with E-state index in [9.17, 15) is 9.59 Å². The summed E-state index contributed by atoms with van der Waals surface area (Å²) >= 11 is 1.42. The number of carbonyl (C=O) groups is 2. The predicted molar refractivity (Wildman–Crippen MR) is 115 cm³/mol. The average molecular weight is 404 g/mol.